The van der Waals surface area contributed by atoms with Gasteiger partial charge in [0.05, 0.1) is 14.9 Å². The summed E-state index contributed by atoms with van der Waals surface area (Å²) in [5, 5.41) is 2.84. The second kappa shape index (κ2) is 6.07. The normalized spacial score (nSPS) is 11.8. The van der Waals surface area contributed by atoms with E-state index in [2.05, 4.69) is 5.32 Å². The maximum Gasteiger partial charge on any atom is 0.341 e. The van der Waals surface area contributed by atoms with E-state index in [4.69, 9.17) is 11.6 Å². The molecule has 0 spiro atoms. The van der Waals surface area contributed by atoms with Gasteiger partial charge in [0, 0.05) is 11.4 Å². The number of para-hydroxylation sites is 1. The quantitative estimate of drug-likeness (QED) is 0.896. The van der Waals surface area contributed by atoms with Gasteiger partial charge in [-0.3, -0.25) is 0 Å². The summed E-state index contributed by atoms with van der Waals surface area (Å²) in [7, 11) is -4.63. The van der Waals surface area contributed by atoms with Gasteiger partial charge in [0.2, 0.25) is 9.84 Å². The summed E-state index contributed by atoms with van der Waals surface area (Å²) in [5.74, 6) is -3.44. The van der Waals surface area contributed by atoms with E-state index in [1.54, 1.807) is 18.2 Å². The molecule has 0 radical (unpaired) electrons. The van der Waals surface area contributed by atoms with E-state index >= 15 is 0 Å². The first kappa shape index (κ1) is 15.2. The molecule has 2 aromatic rings. The fraction of sp³-hybridized carbons (Fsp3) is 0.167. The first-order valence-electron chi connectivity index (χ1n) is 5.50. The zero-order chi connectivity index (χ0) is 14.8. The van der Waals surface area contributed by atoms with Crippen molar-refractivity contribution in [1.29, 1.82) is 0 Å². The van der Waals surface area contributed by atoms with Crippen LogP contribution in [-0.4, -0.2) is 14.2 Å². The molecule has 0 bridgehead atoms. The van der Waals surface area contributed by atoms with Gasteiger partial charge in [0.1, 0.15) is 0 Å². The lowest BCUT2D eigenvalue weighted by atomic mass is 10.3. The van der Waals surface area contributed by atoms with Crippen molar-refractivity contribution >= 4 is 38.5 Å². The molecule has 1 aromatic carbocycles. The SMILES string of the molecule is O=S(=O)(c1ccccc1NCc1ccc(Cl)s1)C(F)F. The molecule has 108 valence electrons. The molecule has 0 aliphatic carbocycles. The molecule has 20 heavy (non-hydrogen) atoms. The number of sulfone groups is 1. The van der Waals surface area contributed by atoms with E-state index in [1.165, 1.54) is 23.5 Å². The first-order chi connectivity index (χ1) is 9.41. The Bertz CT molecular complexity index is 701. The number of rotatable bonds is 5. The van der Waals surface area contributed by atoms with Crippen LogP contribution in [0.25, 0.3) is 0 Å². The first-order valence-corrected chi connectivity index (χ1v) is 8.24. The van der Waals surface area contributed by atoms with Gasteiger partial charge in [0.15, 0.2) is 0 Å². The molecule has 1 N–H and O–H groups in total. The zero-order valence-electron chi connectivity index (χ0n) is 10.0. The van der Waals surface area contributed by atoms with Crippen molar-refractivity contribution in [2.45, 2.75) is 17.2 Å². The van der Waals surface area contributed by atoms with Crippen LogP contribution in [0.2, 0.25) is 4.34 Å². The number of hydrogen-bond donors (Lipinski definition) is 1. The number of halogens is 3. The predicted octanol–water partition coefficient (Wildman–Crippen LogP) is 4.01. The fourth-order valence-electron chi connectivity index (χ4n) is 1.59. The number of benzene rings is 1. The Labute approximate surface area is 124 Å². The van der Waals surface area contributed by atoms with Crippen molar-refractivity contribution < 1.29 is 17.2 Å². The second-order valence-electron chi connectivity index (χ2n) is 3.86. The number of thiophene rings is 1. The topological polar surface area (TPSA) is 46.2 Å². The zero-order valence-corrected chi connectivity index (χ0v) is 12.4. The summed E-state index contributed by atoms with van der Waals surface area (Å²) in [5.41, 5.74) is 0.150. The molecule has 8 heteroatoms. The van der Waals surface area contributed by atoms with Crippen molar-refractivity contribution in [2.24, 2.45) is 0 Å². The van der Waals surface area contributed by atoms with Crippen LogP contribution in [-0.2, 0) is 16.4 Å². The highest BCUT2D eigenvalue weighted by Crippen LogP contribution is 2.27. The molecule has 0 fully saturated rings. The second-order valence-corrected chi connectivity index (χ2v) is 7.55. The molecule has 1 heterocycles. The fourth-order valence-corrected chi connectivity index (χ4v) is 3.52. The Morgan fingerprint density at radius 3 is 2.50 bits per heavy atom. The molecule has 0 amide bonds. The lowest BCUT2D eigenvalue weighted by Crippen LogP contribution is -2.14. The lowest BCUT2D eigenvalue weighted by molar-refractivity contribution is 0.235. The maximum absolute atomic E-state index is 12.6. The van der Waals surface area contributed by atoms with Crippen LogP contribution in [0.15, 0.2) is 41.3 Å². The van der Waals surface area contributed by atoms with Crippen LogP contribution >= 0.6 is 22.9 Å². The Balaban J connectivity index is 2.25. The van der Waals surface area contributed by atoms with Crippen molar-refractivity contribution in [3.05, 3.63) is 45.6 Å². The molecule has 3 nitrogen and oxygen atoms in total. The van der Waals surface area contributed by atoms with E-state index in [-0.39, 0.29) is 5.69 Å². The van der Waals surface area contributed by atoms with Crippen LogP contribution in [0, 0.1) is 0 Å². The van der Waals surface area contributed by atoms with Crippen molar-refractivity contribution in [1.82, 2.24) is 0 Å². The average molecular weight is 338 g/mol. The molecule has 2 rings (SSSR count). The van der Waals surface area contributed by atoms with Gasteiger partial charge in [-0.25, -0.2) is 8.42 Å². The van der Waals surface area contributed by atoms with Gasteiger partial charge in [0.25, 0.3) is 0 Å². The largest absolute Gasteiger partial charge is 0.379 e. The summed E-state index contributed by atoms with van der Waals surface area (Å²) in [6.45, 7) is 0.313. The Morgan fingerprint density at radius 1 is 1.20 bits per heavy atom. The monoisotopic (exact) mass is 337 g/mol. The van der Waals surface area contributed by atoms with Gasteiger partial charge in [-0.2, -0.15) is 8.78 Å². The number of hydrogen-bond acceptors (Lipinski definition) is 4. The van der Waals surface area contributed by atoms with E-state index < -0.39 is 20.5 Å². The smallest absolute Gasteiger partial charge is 0.341 e. The van der Waals surface area contributed by atoms with E-state index in [0.717, 1.165) is 10.9 Å². The van der Waals surface area contributed by atoms with Crippen LogP contribution in [0.1, 0.15) is 4.88 Å². The van der Waals surface area contributed by atoms with Crippen molar-refractivity contribution in [3.8, 4) is 0 Å². The third-order valence-corrected chi connectivity index (χ3v) is 5.18. The van der Waals surface area contributed by atoms with E-state index in [9.17, 15) is 17.2 Å². The van der Waals surface area contributed by atoms with Crippen LogP contribution < -0.4 is 5.32 Å². The highest BCUT2D eigenvalue weighted by molar-refractivity contribution is 7.91. The number of alkyl halides is 2. The highest BCUT2D eigenvalue weighted by atomic mass is 35.5. The standard InChI is InChI=1S/C12H10ClF2NO2S2/c13-11-6-5-8(19-11)7-16-9-3-1-2-4-10(9)20(17,18)12(14)15/h1-6,12,16H,7H2. The third kappa shape index (κ3) is 3.28. The molecule has 0 atom stereocenters. The maximum atomic E-state index is 12.6. The van der Waals surface area contributed by atoms with E-state index in [1.807, 2.05) is 0 Å². The summed E-state index contributed by atoms with van der Waals surface area (Å²) >= 11 is 7.12. The van der Waals surface area contributed by atoms with Gasteiger partial charge in [-0.15, -0.1) is 11.3 Å². The molecular weight excluding hydrogens is 328 g/mol. The highest BCUT2D eigenvalue weighted by Gasteiger charge is 2.28. The third-order valence-electron chi connectivity index (χ3n) is 2.51. The minimum atomic E-state index is -4.63. The number of anilines is 1. The molecule has 0 saturated carbocycles. The van der Waals surface area contributed by atoms with E-state index in [0.29, 0.717) is 10.9 Å². The molecule has 0 saturated heterocycles. The summed E-state index contributed by atoms with van der Waals surface area (Å²) in [4.78, 5) is 0.469. The van der Waals surface area contributed by atoms with Gasteiger partial charge in [-0.1, -0.05) is 23.7 Å². The van der Waals surface area contributed by atoms with Crippen LogP contribution in [0.5, 0.6) is 0 Å². The predicted molar refractivity (Wildman–Crippen MR) is 76.3 cm³/mol. The molecule has 1 aromatic heterocycles. The van der Waals surface area contributed by atoms with Crippen molar-refractivity contribution in [3.63, 3.8) is 0 Å². The molecule has 0 aliphatic rings. The Kier molecular flexibility index (Phi) is 4.62. The van der Waals surface area contributed by atoms with Crippen LogP contribution in [0.3, 0.4) is 0 Å². The Hall–Kier alpha value is -1.18. The van der Waals surface area contributed by atoms with Crippen molar-refractivity contribution in [2.75, 3.05) is 5.32 Å². The summed E-state index contributed by atoms with van der Waals surface area (Å²) < 4.78 is 49.0. The van der Waals surface area contributed by atoms with Gasteiger partial charge in [-0.05, 0) is 24.3 Å². The minimum absolute atomic E-state index is 0.150. The lowest BCUT2D eigenvalue weighted by Gasteiger charge is -2.11. The molecular formula is C12H10ClF2NO2S2. The minimum Gasteiger partial charge on any atom is -0.379 e. The summed E-state index contributed by atoms with van der Waals surface area (Å²) in [6, 6.07) is 9.08. The van der Waals surface area contributed by atoms with Gasteiger partial charge < -0.3 is 5.32 Å². The van der Waals surface area contributed by atoms with Crippen LogP contribution in [0.4, 0.5) is 14.5 Å². The average Bonchev–Trinajstić information content (AvgIpc) is 2.82. The molecule has 0 unspecified atom stereocenters. The molecule has 0 aliphatic heterocycles. The Morgan fingerprint density at radius 2 is 1.90 bits per heavy atom. The van der Waals surface area contributed by atoms with Gasteiger partial charge >= 0.3 is 5.76 Å². The summed E-state index contributed by atoms with van der Waals surface area (Å²) in [6.07, 6.45) is 0. The number of nitrogens with one attached hydrogen (secondary N) is 1.